The number of carbonyl (C=O) groups excluding carboxylic acids is 2. The Bertz CT molecular complexity index is 572. The minimum Gasteiger partial charge on any atom is -0.497 e. The smallest absolute Gasteiger partial charge is 0.220 e. The van der Waals surface area contributed by atoms with Gasteiger partial charge in [0.1, 0.15) is 5.75 Å². The number of ether oxygens (including phenoxy) is 1. The summed E-state index contributed by atoms with van der Waals surface area (Å²) >= 11 is 0. The van der Waals surface area contributed by atoms with Crippen molar-refractivity contribution in [1.29, 1.82) is 0 Å². The number of fused-ring (bicyclic) bond motifs is 1. The van der Waals surface area contributed by atoms with Crippen LogP contribution in [0.3, 0.4) is 0 Å². The topological polar surface area (TPSA) is 81.4 Å². The Kier molecular flexibility index (Phi) is 7.09. The van der Waals surface area contributed by atoms with Gasteiger partial charge in [-0.25, -0.2) is 0 Å². The Morgan fingerprint density at radius 3 is 2.67 bits per heavy atom. The van der Waals surface area contributed by atoms with E-state index in [0.717, 1.165) is 50.7 Å². The summed E-state index contributed by atoms with van der Waals surface area (Å²) in [6.45, 7) is 0. The number of benzene rings is 1. The lowest BCUT2D eigenvalue weighted by atomic mass is 9.87. The average molecular weight is 332 g/mol. The van der Waals surface area contributed by atoms with Crippen LogP contribution in [0.15, 0.2) is 18.2 Å². The standard InChI is InChI=1S/C19H28N2O3/c1-24-15-11-12-16-14(13-15)7-6-8-17(16)21-19(23)10-5-3-2-4-9-18(20)22/h11-13,17H,2-10H2,1H3,(H2,20,22)(H,21,23). The molecule has 2 amide bonds. The molecule has 0 bridgehead atoms. The number of hydrogen-bond acceptors (Lipinski definition) is 3. The van der Waals surface area contributed by atoms with Crippen molar-refractivity contribution in [3.8, 4) is 5.75 Å². The van der Waals surface area contributed by atoms with Gasteiger partial charge in [-0.2, -0.15) is 0 Å². The number of unbranched alkanes of at least 4 members (excludes halogenated alkanes) is 3. The van der Waals surface area contributed by atoms with Crippen LogP contribution < -0.4 is 15.8 Å². The first-order valence-electron chi connectivity index (χ1n) is 8.84. The monoisotopic (exact) mass is 332 g/mol. The second-order valence-electron chi connectivity index (χ2n) is 6.46. The third kappa shape index (κ3) is 5.55. The van der Waals surface area contributed by atoms with E-state index in [9.17, 15) is 9.59 Å². The van der Waals surface area contributed by atoms with Crippen molar-refractivity contribution in [2.45, 2.75) is 63.8 Å². The molecule has 5 heteroatoms. The first-order valence-corrected chi connectivity index (χ1v) is 8.84. The molecule has 2 rings (SSSR count). The van der Waals surface area contributed by atoms with Crippen molar-refractivity contribution in [1.82, 2.24) is 5.32 Å². The molecule has 1 aliphatic rings. The number of aryl methyl sites for hydroxylation is 1. The Morgan fingerprint density at radius 2 is 1.96 bits per heavy atom. The van der Waals surface area contributed by atoms with E-state index in [1.807, 2.05) is 6.07 Å². The van der Waals surface area contributed by atoms with Gasteiger partial charge in [0, 0.05) is 12.8 Å². The van der Waals surface area contributed by atoms with Gasteiger partial charge in [-0.1, -0.05) is 18.9 Å². The molecule has 0 saturated heterocycles. The fourth-order valence-corrected chi connectivity index (χ4v) is 3.27. The molecule has 0 saturated carbocycles. The van der Waals surface area contributed by atoms with Crippen molar-refractivity contribution in [3.63, 3.8) is 0 Å². The third-order valence-electron chi connectivity index (χ3n) is 4.58. The number of nitrogens with two attached hydrogens (primary N) is 1. The molecular weight excluding hydrogens is 304 g/mol. The van der Waals surface area contributed by atoms with Crippen LogP contribution in [-0.2, 0) is 16.0 Å². The summed E-state index contributed by atoms with van der Waals surface area (Å²) in [7, 11) is 1.67. The van der Waals surface area contributed by atoms with Crippen LogP contribution in [0.4, 0.5) is 0 Å². The highest BCUT2D eigenvalue weighted by Crippen LogP contribution is 2.32. The molecule has 1 unspecified atom stereocenters. The van der Waals surface area contributed by atoms with E-state index in [1.54, 1.807) is 7.11 Å². The van der Waals surface area contributed by atoms with Crippen molar-refractivity contribution in [2.75, 3.05) is 7.11 Å². The van der Waals surface area contributed by atoms with E-state index >= 15 is 0 Å². The summed E-state index contributed by atoms with van der Waals surface area (Å²) in [5, 5.41) is 3.17. The molecule has 3 N–H and O–H groups in total. The van der Waals surface area contributed by atoms with Gasteiger partial charge in [-0.15, -0.1) is 0 Å². The lowest BCUT2D eigenvalue weighted by Gasteiger charge is -2.27. The van der Waals surface area contributed by atoms with Gasteiger partial charge in [-0.3, -0.25) is 9.59 Å². The molecule has 0 aromatic heterocycles. The predicted octanol–water partition coefficient (Wildman–Crippen LogP) is 3.01. The third-order valence-corrected chi connectivity index (χ3v) is 4.58. The maximum absolute atomic E-state index is 12.2. The quantitative estimate of drug-likeness (QED) is 0.682. The van der Waals surface area contributed by atoms with Gasteiger partial charge in [0.25, 0.3) is 0 Å². The minimum atomic E-state index is -0.250. The van der Waals surface area contributed by atoms with Crippen LogP contribution in [0.25, 0.3) is 0 Å². The predicted molar refractivity (Wildman–Crippen MR) is 93.7 cm³/mol. The molecular formula is C19H28N2O3. The Morgan fingerprint density at radius 1 is 1.21 bits per heavy atom. The first kappa shape index (κ1) is 18.3. The van der Waals surface area contributed by atoms with E-state index in [4.69, 9.17) is 10.5 Å². The number of carbonyl (C=O) groups is 2. The van der Waals surface area contributed by atoms with Crippen molar-refractivity contribution >= 4 is 11.8 Å². The maximum atomic E-state index is 12.2. The normalized spacial score (nSPS) is 16.3. The Labute approximate surface area is 143 Å². The van der Waals surface area contributed by atoms with E-state index in [2.05, 4.69) is 17.4 Å². The SMILES string of the molecule is COc1ccc2c(c1)CCCC2NC(=O)CCCCCCC(N)=O. The molecule has 24 heavy (non-hydrogen) atoms. The second-order valence-corrected chi connectivity index (χ2v) is 6.46. The molecule has 0 aliphatic heterocycles. The van der Waals surface area contributed by atoms with Gasteiger partial charge in [0.15, 0.2) is 0 Å². The second kappa shape index (κ2) is 9.30. The Balaban J connectivity index is 1.76. The molecule has 0 fully saturated rings. The number of amides is 2. The fourth-order valence-electron chi connectivity index (χ4n) is 3.27. The van der Waals surface area contributed by atoms with Gasteiger partial charge in [0.2, 0.25) is 11.8 Å². The minimum absolute atomic E-state index is 0.110. The number of methoxy groups -OCH3 is 1. The fraction of sp³-hybridized carbons (Fsp3) is 0.579. The van der Waals surface area contributed by atoms with Crippen molar-refractivity contribution in [2.24, 2.45) is 5.73 Å². The average Bonchev–Trinajstić information content (AvgIpc) is 2.57. The highest BCUT2D eigenvalue weighted by Gasteiger charge is 2.21. The molecule has 132 valence electrons. The molecule has 0 heterocycles. The molecule has 5 nitrogen and oxygen atoms in total. The van der Waals surface area contributed by atoms with Crippen molar-refractivity contribution in [3.05, 3.63) is 29.3 Å². The highest BCUT2D eigenvalue weighted by molar-refractivity contribution is 5.76. The number of hydrogen-bond donors (Lipinski definition) is 2. The van der Waals surface area contributed by atoms with E-state index in [-0.39, 0.29) is 17.9 Å². The molecule has 0 radical (unpaired) electrons. The van der Waals surface area contributed by atoms with Crippen LogP contribution in [0, 0.1) is 0 Å². The summed E-state index contributed by atoms with van der Waals surface area (Å²) < 4.78 is 5.28. The molecule has 0 spiro atoms. The van der Waals surface area contributed by atoms with E-state index < -0.39 is 0 Å². The molecule has 1 aliphatic carbocycles. The first-order chi connectivity index (χ1) is 11.6. The van der Waals surface area contributed by atoms with Crippen LogP contribution in [0.1, 0.15) is 68.5 Å². The van der Waals surface area contributed by atoms with E-state index in [1.165, 1.54) is 11.1 Å². The summed E-state index contributed by atoms with van der Waals surface area (Å²) in [5.41, 5.74) is 7.60. The zero-order valence-corrected chi connectivity index (χ0v) is 14.5. The number of rotatable bonds is 9. The largest absolute Gasteiger partial charge is 0.497 e. The molecule has 1 atom stereocenters. The summed E-state index contributed by atoms with van der Waals surface area (Å²) in [5.74, 6) is 0.732. The lowest BCUT2D eigenvalue weighted by molar-refractivity contribution is -0.122. The van der Waals surface area contributed by atoms with Gasteiger partial charge >= 0.3 is 0 Å². The molecule has 1 aromatic rings. The highest BCUT2D eigenvalue weighted by atomic mass is 16.5. The summed E-state index contributed by atoms with van der Waals surface area (Å²) in [6, 6.07) is 6.22. The molecule has 1 aromatic carbocycles. The summed E-state index contributed by atoms with van der Waals surface area (Å²) in [6.07, 6.45) is 7.66. The zero-order valence-electron chi connectivity index (χ0n) is 14.5. The van der Waals surface area contributed by atoms with E-state index in [0.29, 0.717) is 12.8 Å². The lowest BCUT2D eigenvalue weighted by Crippen LogP contribution is -2.30. The van der Waals surface area contributed by atoms with Gasteiger partial charge < -0.3 is 15.8 Å². The summed E-state index contributed by atoms with van der Waals surface area (Å²) in [4.78, 5) is 22.8. The number of primary amides is 1. The van der Waals surface area contributed by atoms with Gasteiger partial charge in [0.05, 0.1) is 13.2 Å². The zero-order chi connectivity index (χ0) is 17.4. The van der Waals surface area contributed by atoms with Crippen LogP contribution in [0.5, 0.6) is 5.75 Å². The van der Waals surface area contributed by atoms with Crippen LogP contribution in [-0.4, -0.2) is 18.9 Å². The Hall–Kier alpha value is -2.04. The van der Waals surface area contributed by atoms with Gasteiger partial charge in [-0.05, 0) is 55.4 Å². The van der Waals surface area contributed by atoms with Crippen molar-refractivity contribution < 1.29 is 14.3 Å². The maximum Gasteiger partial charge on any atom is 0.220 e. The van der Waals surface area contributed by atoms with Crippen LogP contribution in [0.2, 0.25) is 0 Å². The number of nitrogens with one attached hydrogen (secondary N) is 1. The van der Waals surface area contributed by atoms with Crippen LogP contribution >= 0.6 is 0 Å².